The second-order valence-corrected chi connectivity index (χ2v) is 4.50. The van der Waals surface area contributed by atoms with Crippen LogP contribution in [0.4, 0.5) is 0 Å². The van der Waals surface area contributed by atoms with Crippen LogP contribution in [0.25, 0.3) is 20.2 Å². The van der Waals surface area contributed by atoms with E-state index in [0.717, 1.165) is 10.1 Å². The first kappa shape index (κ1) is 9.36. The van der Waals surface area contributed by atoms with Crippen LogP contribution >= 0.6 is 11.3 Å². The molecule has 0 amide bonds. The molecule has 0 N–H and O–H groups in total. The van der Waals surface area contributed by atoms with Gasteiger partial charge in [0.15, 0.2) is 0 Å². The van der Waals surface area contributed by atoms with Gasteiger partial charge in [-0.15, -0.1) is 11.3 Å². The SMILES string of the molecule is O=COc1cccc2c1sc1ccccc12. The number of ether oxygens (including phenoxy) is 1. The van der Waals surface area contributed by atoms with E-state index in [2.05, 4.69) is 12.1 Å². The van der Waals surface area contributed by atoms with E-state index in [0.29, 0.717) is 12.2 Å². The van der Waals surface area contributed by atoms with Gasteiger partial charge in [-0.3, -0.25) is 4.79 Å². The molecule has 1 heterocycles. The van der Waals surface area contributed by atoms with Gasteiger partial charge in [-0.25, -0.2) is 0 Å². The molecule has 3 rings (SSSR count). The van der Waals surface area contributed by atoms with Crippen LogP contribution in [-0.4, -0.2) is 6.47 Å². The van der Waals surface area contributed by atoms with Crippen LogP contribution in [0, 0.1) is 0 Å². The van der Waals surface area contributed by atoms with Gasteiger partial charge in [0.05, 0.1) is 4.70 Å². The fourth-order valence-electron chi connectivity index (χ4n) is 1.87. The van der Waals surface area contributed by atoms with Crippen molar-refractivity contribution >= 4 is 38.0 Å². The van der Waals surface area contributed by atoms with E-state index < -0.39 is 0 Å². The Morgan fingerprint density at radius 1 is 1.00 bits per heavy atom. The molecule has 0 saturated heterocycles. The Hall–Kier alpha value is -1.87. The molecule has 16 heavy (non-hydrogen) atoms. The van der Waals surface area contributed by atoms with Crippen molar-refractivity contribution in [1.82, 2.24) is 0 Å². The van der Waals surface area contributed by atoms with E-state index in [9.17, 15) is 4.79 Å². The van der Waals surface area contributed by atoms with Crippen LogP contribution in [0.3, 0.4) is 0 Å². The van der Waals surface area contributed by atoms with Crippen molar-refractivity contribution in [3.8, 4) is 5.75 Å². The molecule has 3 heteroatoms. The average molecular weight is 228 g/mol. The van der Waals surface area contributed by atoms with Gasteiger partial charge in [-0.2, -0.15) is 0 Å². The number of rotatable bonds is 2. The molecule has 0 fully saturated rings. The predicted octanol–water partition coefficient (Wildman–Crippen LogP) is 3.59. The van der Waals surface area contributed by atoms with Crippen LogP contribution in [-0.2, 0) is 4.79 Å². The summed E-state index contributed by atoms with van der Waals surface area (Å²) < 4.78 is 7.21. The van der Waals surface area contributed by atoms with Gasteiger partial charge in [0.25, 0.3) is 6.47 Å². The summed E-state index contributed by atoms with van der Waals surface area (Å²) in [5.41, 5.74) is 0. The Bertz CT molecular complexity index is 670. The summed E-state index contributed by atoms with van der Waals surface area (Å²) in [7, 11) is 0. The summed E-state index contributed by atoms with van der Waals surface area (Å²) in [6, 6.07) is 13.9. The number of carbonyl (C=O) groups excluding carboxylic acids is 1. The van der Waals surface area contributed by atoms with Crippen LogP contribution in [0.2, 0.25) is 0 Å². The molecule has 0 spiro atoms. The first-order valence-corrected chi connectivity index (χ1v) is 5.72. The number of hydrogen-bond acceptors (Lipinski definition) is 3. The molecule has 1 aromatic heterocycles. The quantitative estimate of drug-likeness (QED) is 0.626. The van der Waals surface area contributed by atoms with Crippen LogP contribution < -0.4 is 4.74 Å². The summed E-state index contributed by atoms with van der Waals surface area (Å²) in [6.07, 6.45) is 0. The van der Waals surface area contributed by atoms with Gasteiger partial charge >= 0.3 is 0 Å². The lowest BCUT2D eigenvalue weighted by atomic mass is 10.1. The van der Waals surface area contributed by atoms with E-state index in [-0.39, 0.29) is 0 Å². The zero-order valence-electron chi connectivity index (χ0n) is 8.34. The largest absolute Gasteiger partial charge is 0.427 e. The summed E-state index contributed by atoms with van der Waals surface area (Å²) in [4.78, 5) is 10.4. The minimum Gasteiger partial charge on any atom is -0.427 e. The highest BCUT2D eigenvalue weighted by atomic mass is 32.1. The van der Waals surface area contributed by atoms with Crippen molar-refractivity contribution in [3.63, 3.8) is 0 Å². The Morgan fingerprint density at radius 2 is 1.81 bits per heavy atom. The molecule has 78 valence electrons. The Kier molecular flexibility index (Phi) is 2.11. The minimum atomic E-state index is 0.471. The van der Waals surface area contributed by atoms with E-state index in [1.807, 2.05) is 30.3 Å². The lowest BCUT2D eigenvalue weighted by molar-refractivity contribution is -0.120. The van der Waals surface area contributed by atoms with Crippen molar-refractivity contribution in [2.45, 2.75) is 0 Å². The van der Waals surface area contributed by atoms with E-state index in [4.69, 9.17) is 4.74 Å². The van der Waals surface area contributed by atoms with Gasteiger partial charge in [0.1, 0.15) is 5.75 Å². The third kappa shape index (κ3) is 1.29. The molecule has 0 unspecified atom stereocenters. The first-order chi connectivity index (χ1) is 7.90. The Labute approximate surface area is 96.1 Å². The number of benzene rings is 2. The summed E-state index contributed by atoms with van der Waals surface area (Å²) in [5.74, 6) is 0.633. The van der Waals surface area contributed by atoms with Crippen LogP contribution in [0.15, 0.2) is 42.5 Å². The number of fused-ring (bicyclic) bond motifs is 3. The van der Waals surface area contributed by atoms with Crippen molar-refractivity contribution in [2.24, 2.45) is 0 Å². The standard InChI is InChI=1S/C13H8O2S/c14-8-15-11-6-3-5-10-9-4-1-2-7-12(9)16-13(10)11/h1-8H. The molecule has 2 aromatic carbocycles. The fourth-order valence-corrected chi connectivity index (χ4v) is 3.03. The molecule has 0 atom stereocenters. The fraction of sp³-hybridized carbons (Fsp3) is 0. The molecular formula is C13H8O2S. The van der Waals surface area contributed by atoms with Crippen molar-refractivity contribution < 1.29 is 9.53 Å². The molecule has 0 aliphatic heterocycles. The molecule has 0 saturated carbocycles. The second kappa shape index (κ2) is 3.61. The smallest absolute Gasteiger partial charge is 0.298 e. The average Bonchev–Trinajstić information content (AvgIpc) is 2.69. The van der Waals surface area contributed by atoms with Gasteiger partial charge in [0.2, 0.25) is 0 Å². The zero-order chi connectivity index (χ0) is 11.0. The molecule has 0 bridgehead atoms. The lowest BCUT2D eigenvalue weighted by Gasteiger charge is -1.98. The third-order valence-corrected chi connectivity index (χ3v) is 3.74. The lowest BCUT2D eigenvalue weighted by Crippen LogP contribution is -1.87. The molecule has 3 aromatic rings. The van der Waals surface area contributed by atoms with Crippen molar-refractivity contribution in [1.29, 1.82) is 0 Å². The normalized spacial score (nSPS) is 10.8. The van der Waals surface area contributed by atoms with Crippen LogP contribution in [0.5, 0.6) is 5.75 Å². The number of hydrogen-bond donors (Lipinski definition) is 0. The van der Waals surface area contributed by atoms with E-state index >= 15 is 0 Å². The van der Waals surface area contributed by atoms with Crippen LogP contribution in [0.1, 0.15) is 0 Å². The Balaban J connectivity index is 2.43. The maximum Gasteiger partial charge on any atom is 0.298 e. The van der Waals surface area contributed by atoms with Crippen molar-refractivity contribution in [2.75, 3.05) is 0 Å². The minimum absolute atomic E-state index is 0.471. The topological polar surface area (TPSA) is 26.3 Å². The maximum absolute atomic E-state index is 10.4. The predicted molar refractivity (Wildman–Crippen MR) is 66.0 cm³/mol. The van der Waals surface area contributed by atoms with Gasteiger partial charge in [-0.1, -0.05) is 30.3 Å². The monoisotopic (exact) mass is 228 g/mol. The molecular weight excluding hydrogens is 220 g/mol. The second-order valence-electron chi connectivity index (χ2n) is 3.45. The summed E-state index contributed by atoms with van der Waals surface area (Å²) >= 11 is 1.64. The maximum atomic E-state index is 10.4. The molecule has 2 nitrogen and oxygen atoms in total. The summed E-state index contributed by atoms with van der Waals surface area (Å²) in [5, 5.41) is 2.35. The highest BCUT2D eigenvalue weighted by molar-refractivity contribution is 7.26. The number of thiophene rings is 1. The first-order valence-electron chi connectivity index (χ1n) is 4.91. The van der Waals surface area contributed by atoms with E-state index in [1.165, 1.54) is 10.1 Å². The van der Waals surface area contributed by atoms with Gasteiger partial charge < -0.3 is 4.74 Å². The summed E-state index contributed by atoms with van der Waals surface area (Å²) in [6.45, 7) is 0.471. The molecule has 0 radical (unpaired) electrons. The highest BCUT2D eigenvalue weighted by Crippen LogP contribution is 2.38. The van der Waals surface area contributed by atoms with Gasteiger partial charge in [0, 0.05) is 15.5 Å². The van der Waals surface area contributed by atoms with Crippen molar-refractivity contribution in [3.05, 3.63) is 42.5 Å². The number of carbonyl (C=O) groups is 1. The zero-order valence-corrected chi connectivity index (χ0v) is 9.16. The molecule has 0 aliphatic carbocycles. The highest BCUT2D eigenvalue weighted by Gasteiger charge is 2.08. The third-order valence-electron chi connectivity index (χ3n) is 2.54. The Morgan fingerprint density at radius 3 is 2.69 bits per heavy atom. The molecule has 0 aliphatic rings. The van der Waals surface area contributed by atoms with Gasteiger partial charge in [-0.05, 0) is 12.1 Å². The van der Waals surface area contributed by atoms with E-state index in [1.54, 1.807) is 11.3 Å².